The van der Waals surface area contributed by atoms with E-state index >= 15 is 0 Å². The minimum Gasteiger partial charge on any atom is -0.496 e. The Kier molecular flexibility index (Phi) is 4.67. The number of anilines is 1. The standard InChI is InChI=1S/C27H31NO3/c1-17-15-26(2,3)28-19-12-11-18-23-20(30-4)9-8-10-21(23)31-25(24(18)22(17)19)27(16-29)13-6-5-7-14-27/h6,8-13,15,25,28-29H,5,7,14,16H2,1-4H3. The Labute approximate surface area is 184 Å². The van der Waals surface area contributed by atoms with Crippen molar-refractivity contribution in [3.63, 3.8) is 0 Å². The van der Waals surface area contributed by atoms with Gasteiger partial charge >= 0.3 is 0 Å². The van der Waals surface area contributed by atoms with Gasteiger partial charge in [-0.2, -0.15) is 0 Å². The highest BCUT2D eigenvalue weighted by atomic mass is 16.5. The Morgan fingerprint density at radius 2 is 2.03 bits per heavy atom. The first kappa shape index (κ1) is 20.2. The summed E-state index contributed by atoms with van der Waals surface area (Å²) in [5, 5.41) is 14.3. The van der Waals surface area contributed by atoms with Crippen LogP contribution in [0.2, 0.25) is 0 Å². The van der Waals surface area contributed by atoms with E-state index < -0.39 is 5.41 Å². The molecule has 0 radical (unpaired) electrons. The Hall–Kier alpha value is -2.72. The van der Waals surface area contributed by atoms with E-state index in [0.717, 1.165) is 53.1 Å². The normalized spacial score (nSPS) is 25.3. The van der Waals surface area contributed by atoms with Crippen LogP contribution in [0.1, 0.15) is 57.3 Å². The lowest BCUT2D eigenvalue weighted by atomic mass is 9.68. The summed E-state index contributed by atoms with van der Waals surface area (Å²) in [6.07, 6.45) is 9.39. The van der Waals surface area contributed by atoms with Gasteiger partial charge in [0.1, 0.15) is 17.6 Å². The Bertz CT molecular complexity index is 1100. The van der Waals surface area contributed by atoms with Crippen LogP contribution >= 0.6 is 0 Å². The fourth-order valence-electron chi connectivity index (χ4n) is 5.65. The summed E-state index contributed by atoms with van der Waals surface area (Å²) in [6.45, 7) is 6.60. The van der Waals surface area contributed by atoms with E-state index in [2.05, 4.69) is 56.4 Å². The van der Waals surface area contributed by atoms with Crippen LogP contribution in [0, 0.1) is 5.41 Å². The maximum atomic E-state index is 10.6. The molecule has 2 N–H and O–H groups in total. The Morgan fingerprint density at radius 1 is 1.19 bits per heavy atom. The summed E-state index contributed by atoms with van der Waals surface area (Å²) >= 11 is 0. The van der Waals surface area contributed by atoms with Crippen molar-refractivity contribution in [1.82, 2.24) is 0 Å². The van der Waals surface area contributed by atoms with E-state index in [9.17, 15) is 5.11 Å². The van der Waals surface area contributed by atoms with Crippen molar-refractivity contribution in [2.45, 2.75) is 51.7 Å². The molecule has 2 heterocycles. The number of nitrogens with one attached hydrogen (secondary N) is 1. The quantitative estimate of drug-likeness (QED) is 0.591. The molecule has 2 aromatic rings. The molecule has 1 aliphatic carbocycles. The van der Waals surface area contributed by atoms with Crippen LogP contribution in [-0.4, -0.2) is 24.4 Å². The SMILES string of the molecule is COc1cccc2c1-c1ccc3c(c1C(C1(CO)C=CCCC1)O2)C(C)=CC(C)(C)N3. The third kappa shape index (κ3) is 3.08. The van der Waals surface area contributed by atoms with Gasteiger partial charge in [0.15, 0.2) is 0 Å². The number of benzene rings is 2. The number of methoxy groups -OCH3 is 1. The maximum absolute atomic E-state index is 10.6. The van der Waals surface area contributed by atoms with Crippen LogP contribution < -0.4 is 14.8 Å². The molecule has 5 rings (SSSR count). The highest BCUT2D eigenvalue weighted by Crippen LogP contribution is 2.57. The number of aliphatic hydroxyl groups is 1. The second-order valence-corrected chi connectivity index (χ2v) is 9.64. The molecule has 3 aliphatic rings. The number of aliphatic hydroxyl groups excluding tert-OH is 1. The smallest absolute Gasteiger partial charge is 0.136 e. The van der Waals surface area contributed by atoms with Crippen molar-refractivity contribution in [3.8, 4) is 22.6 Å². The minimum atomic E-state index is -0.448. The number of allylic oxidation sites excluding steroid dienone is 2. The predicted molar refractivity (Wildman–Crippen MR) is 126 cm³/mol. The first-order valence-electron chi connectivity index (χ1n) is 11.2. The van der Waals surface area contributed by atoms with Crippen LogP contribution in [0.5, 0.6) is 11.5 Å². The lowest BCUT2D eigenvalue weighted by Gasteiger charge is -2.44. The molecular weight excluding hydrogens is 386 g/mol. The van der Waals surface area contributed by atoms with E-state index in [0.29, 0.717) is 0 Å². The first-order chi connectivity index (χ1) is 14.9. The third-order valence-corrected chi connectivity index (χ3v) is 6.94. The Balaban J connectivity index is 1.83. The zero-order valence-corrected chi connectivity index (χ0v) is 18.8. The number of rotatable bonds is 3. The highest BCUT2D eigenvalue weighted by Gasteiger charge is 2.46. The Morgan fingerprint density at radius 3 is 2.74 bits per heavy atom. The van der Waals surface area contributed by atoms with Crippen LogP contribution in [0.15, 0.2) is 48.6 Å². The fourth-order valence-corrected chi connectivity index (χ4v) is 5.65. The van der Waals surface area contributed by atoms with Gasteiger partial charge in [-0.05, 0) is 69.4 Å². The van der Waals surface area contributed by atoms with E-state index in [4.69, 9.17) is 9.47 Å². The van der Waals surface area contributed by atoms with E-state index in [1.54, 1.807) is 7.11 Å². The molecule has 4 heteroatoms. The molecule has 0 aromatic heterocycles. The minimum absolute atomic E-state index is 0.0538. The molecule has 2 atom stereocenters. The average Bonchev–Trinajstić information content (AvgIpc) is 2.77. The van der Waals surface area contributed by atoms with Crippen LogP contribution in [0.3, 0.4) is 0 Å². The van der Waals surface area contributed by atoms with Crippen molar-refractivity contribution in [2.75, 3.05) is 19.0 Å². The topological polar surface area (TPSA) is 50.7 Å². The molecular formula is C27H31NO3. The molecule has 0 bridgehead atoms. The average molecular weight is 418 g/mol. The zero-order chi connectivity index (χ0) is 21.8. The monoisotopic (exact) mass is 417 g/mol. The van der Waals surface area contributed by atoms with Gasteiger partial charge in [0, 0.05) is 16.8 Å². The second kappa shape index (κ2) is 7.16. The molecule has 2 unspecified atom stereocenters. The predicted octanol–water partition coefficient (Wildman–Crippen LogP) is 6.12. The summed E-state index contributed by atoms with van der Waals surface area (Å²) in [5.74, 6) is 1.62. The summed E-state index contributed by atoms with van der Waals surface area (Å²) in [4.78, 5) is 0. The number of ether oxygens (including phenoxy) is 2. The van der Waals surface area contributed by atoms with Crippen LogP contribution in [-0.2, 0) is 0 Å². The van der Waals surface area contributed by atoms with Gasteiger partial charge < -0.3 is 19.9 Å². The molecule has 2 aliphatic heterocycles. The largest absolute Gasteiger partial charge is 0.496 e. The first-order valence-corrected chi connectivity index (χ1v) is 11.2. The van der Waals surface area contributed by atoms with E-state index in [1.807, 2.05) is 18.2 Å². The molecule has 0 saturated carbocycles. The van der Waals surface area contributed by atoms with Gasteiger partial charge in [0.25, 0.3) is 0 Å². The molecule has 4 nitrogen and oxygen atoms in total. The molecule has 0 spiro atoms. The summed E-state index contributed by atoms with van der Waals surface area (Å²) in [6, 6.07) is 10.3. The van der Waals surface area contributed by atoms with Crippen molar-refractivity contribution in [2.24, 2.45) is 5.41 Å². The second-order valence-electron chi connectivity index (χ2n) is 9.64. The van der Waals surface area contributed by atoms with Crippen molar-refractivity contribution in [1.29, 1.82) is 0 Å². The zero-order valence-electron chi connectivity index (χ0n) is 18.8. The number of fused-ring (bicyclic) bond motifs is 5. The van der Waals surface area contributed by atoms with Gasteiger partial charge in [-0.25, -0.2) is 0 Å². The molecule has 2 aromatic carbocycles. The summed E-state index contributed by atoms with van der Waals surface area (Å²) in [7, 11) is 1.70. The van der Waals surface area contributed by atoms with Crippen LogP contribution in [0.25, 0.3) is 16.7 Å². The summed E-state index contributed by atoms with van der Waals surface area (Å²) < 4.78 is 12.5. The molecule has 31 heavy (non-hydrogen) atoms. The van der Waals surface area contributed by atoms with E-state index in [1.165, 1.54) is 11.1 Å². The van der Waals surface area contributed by atoms with Gasteiger partial charge in [-0.15, -0.1) is 0 Å². The van der Waals surface area contributed by atoms with Crippen molar-refractivity contribution < 1.29 is 14.6 Å². The summed E-state index contributed by atoms with van der Waals surface area (Å²) in [5.41, 5.74) is 6.23. The van der Waals surface area contributed by atoms with Gasteiger partial charge in [0.2, 0.25) is 0 Å². The molecule has 0 saturated heterocycles. The van der Waals surface area contributed by atoms with Gasteiger partial charge in [-0.3, -0.25) is 0 Å². The van der Waals surface area contributed by atoms with Gasteiger partial charge in [0.05, 0.1) is 30.2 Å². The third-order valence-electron chi connectivity index (χ3n) is 6.94. The van der Waals surface area contributed by atoms with Crippen LogP contribution in [0.4, 0.5) is 5.69 Å². The lowest BCUT2D eigenvalue weighted by molar-refractivity contribution is 0.0197. The van der Waals surface area contributed by atoms with Crippen molar-refractivity contribution >= 4 is 11.3 Å². The lowest BCUT2D eigenvalue weighted by Crippen LogP contribution is -2.39. The molecule has 0 amide bonds. The highest BCUT2D eigenvalue weighted by molar-refractivity contribution is 5.91. The van der Waals surface area contributed by atoms with E-state index in [-0.39, 0.29) is 18.2 Å². The maximum Gasteiger partial charge on any atom is 0.136 e. The number of hydrogen-bond acceptors (Lipinski definition) is 4. The van der Waals surface area contributed by atoms with Crippen molar-refractivity contribution in [3.05, 3.63) is 59.7 Å². The fraction of sp³-hybridized carbons (Fsp3) is 0.407. The van der Waals surface area contributed by atoms with Gasteiger partial charge in [-0.1, -0.05) is 30.4 Å². The number of hydrogen-bond donors (Lipinski definition) is 2. The molecule has 162 valence electrons. The molecule has 0 fully saturated rings.